The van der Waals surface area contributed by atoms with Crippen LogP contribution in [-0.2, 0) is 13.1 Å². The lowest BCUT2D eigenvalue weighted by Gasteiger charge is -2.05. The average Bonchev–Trinajstić information content (AvgIpc) is 3.27. The van der Waals surface area contributed by atoms with E-state index in [1.54, 1.807) is 36.7 Å². The van der Waals surface area contributed by atoms with Crippen LogP contribution < -0.4 is 5.32 Å². The minimum atomic E-state index is -0.293. The van der Waals surface area contributed by atoms with Crippen LogP contribution in [0.5, 0.6) is 0 Å². The van der Waals surface area contributed by atoms with Gasteiger partial charge in [-0.25, -0.2) is 0 Å². The number of hydrogen-bond acceptors (Lipinski definition) is 7. The van der Waals surface area contributed by atoms with Crippen molar-refractivity contribution in [1.29, 1.82) is 5.26 Å². The number of carbonyl (C=O) groups excluding carboxylic acids is 1. The first-order chi connectivity index (χ1) is 14.7. The molecule has 9 nitrogen and oxygen atoms in total. The quantitative estimate of drug-likeness (QED) is 0.529. The standard InChI is InChI=1S/C21H16N8O/c22-12-15-1-3-17(4-2-15)14-29-27-20(26-28-29)18-7-10-24-19(11-18)21(30)25-13-16-5-8-23-9-6-16/h1-11H,13-14H2,(H,25,30). The highest BCUT2D eigenvalue weighted by molar-refractivity contribution is 5.93. The number of aromatic nitrogens is 6. The van der Waals surface area contributed by atoms with Gasteiger partial charge < -0.3 is 5.32 Å². The summed E-state index contributed by atoms with van der Waals surface area (Å²) in [5.74, 6) is 0.105. The minimum absolute atomic E-state index is 0.269. The second-order valence-electron chi connectivity index (χ2n) is 6.42. The third-order valence-electron chi connectivity index (χ3n) is 4.31. The Labute approximate surface area is 172 Å². The molecule has 1 amide bonds. The summed E-state index contributed by atoms with van der Waals surface area (Å²) >= 11 is 0. The number of pyridine rings is 2. The molecule has 146 valence electrons. The maximum atomic E-state index is 12.4. The van der Waals surface area contributed by atoms with Crippen molar-refractivity contribution >= 4 is 5.91 Å². The van der Waals surface area contributed by atoms with E-state index < -0.39 is 0 Å². The van der Waals surface area contributed by atoms with Crippen LogP contribution in [0, 0.1) is 11.3 Å². The van der Waals surface area contributed by atoms with E-state index in [2.05, 4.69) is 36.8 Å². The zero-order chi connectivity index (χ0) is 20.8. The van der Waals surface area contributed by atoms with Crippen molar-refractivity contribution in [3.8, 4) is 17.5 Å². The lowest BCUT2D eigenvalue weighted by Crippen LogP contribution is -2.23. The van der Waals surface area contributed by atoms with E-state index in [1.807, 2.05) is 24.3 Å². The molecule has 0 saturated heterocycles. The number of nitrogens with zero attached hydrogens (tertiary/aromatic N) is 7. The van der Waals surface area contributed by atoms with Gasteiger partial charge in [-0.3, -0.25) is 14.8 Å². The van der Waals surface area contributed by atoms with Crippen molar-refractivity contribution in [3.63, 3.8) is 0 Å². The van der Waals surface area contributed by atoms with E-state index in [0.717, 1.165) is 11.1 Å². The largest absolute Gasteiger partial charge is 0.347 e. The minimum Gasteiger partial charge on any atom is -0.347 e. The van der Waals surface area contributed by atoms with E-state index in [4.69, 9.17) is 5.26 Å². The van der Waals surface area contributed by atoms with E-state index in [-0.39, 0.29) is 11.6 Å². The molecule has 0 aliphatic heterocycles. The SMILES string of the molecule is N#Cc1ccc(Cn2nnc(-c3ccnc(C(=O)NCc4ccncc4)c3)n2)cc1. The number of amides is 1. The molecule has 4 aromatic rings. The number of rotatable bonds is 6. The molecule has 3 heterocycles. The van der Waals surface area contributed by atoms with Gasteiger partial charge in [0.25, 0.3) is 5.91 Å². The summed E-state index contributed by atoms with van der Waals surface area (Å²) < 4.78 is 0. The molecule has 9 heteroatoms. The van der Waals surface area contributed by atoms with E-state index in [1.165, 1.54) is 11.0 Å². The van der Waals surface area contributed by atoms with E-state index >= 15 is 0 Å². The Hall–Kier alpha value is -4.45. The second kappa shape index (κ2) is 8.70. The van der Waals surface area contributed by atoms with Crippen molar-refractivity contribution in [2.45, 2.75) is 13.1 Å². The van der Waals surface area contributed by atoms with Crippen LogP contribution in [-0.4, -0.2) is 36.1 Å². The Morgan fingerprint density at radius 1 is 1.03 bits per heavy atom. The molecular formula is C21H16N8O. The van der Waals surface area contributed by atoms with Crippen LogP contribution in [0.25, 0.3) is 11.4 Å². The summed E-state index contributed by atoms with van der Waals surface area (Å²) in [6, 6.07) is 16.3. The van der Waals surface area contributed by atoms with Crippen molar-refractivity contribution in [2.24, 2.45) is 0 Å². The molecule has 3 aromatic heterocycles. The molecular weight excluding hydrogens is 380 g/mol. The highest BCUT2D eigenvalue weighted by Gasteiger charge is 2.12. The van der Waals surface area contributed by atoms with Crippen molar-refractivity contribution < 1.29 is 4.79 Å². The fourth-order valence-electron chi connectivity index (χ4n) is 2.74. The Kier molecular flexibility index (Phi) is 5.48. The average molecular weight is 396 g/mol. The van der Waals surface area contributed by atoms with Crippen LogP contribution in [0.15, 0.2) is 67.1 Å². The molecule has 0 spiro atoms. The van der Waals surface area contributed by atoms with Gasteiger partial charge in [-0.05, 0) is 52.7 Å². The lowest BCUT2D eigenvalue weighted by molar-refractivity contribution is 0.0946. The zero-order valence-corrected chi connectivity index (χ0v) is 15.8. The van der Waals surface area contributed by atoms with Crippen LogP contribution in [0.4, 0.5) is 0 Å². The van der Waals surface area contributed by atoms with Gasteiger partial charge in [-0.15, -0.1) is 10.2 Å². The van der Waals surface area contributed by atoms with Gasteiger partial charge in [0, 0.05) is 30.7 Å². The first kappa shape index (κ1) is 18.9. The fourth-order valence-corrected chi connectivity index (χ4v) is 2.74. The summed E-state index contributed by atoms with van der Waals surface area (Å²) in [7, 11) is 0. The second-order valence-corrected chi connectivity index (χ2v) is 6.42. The third-order valence-corrected chi connectivity index (χ3v) is 4.31. The normalized spacial score (nSPS) is 10.4. The highest BCUT2D eigenvalue weighted by Crippen LogP contribution is 2.14. The summed E-state index contributed by atoms with van der Waals surface area (Å²) in [6.45, 7) is 0.801. The van der Waals surface area contributed by atoms with Crippen LogP contribution in [0.2, 0.25) is 0 Å². The first-order valence-electron chi connectivity index (χ1n) is 9.11. The molecule has 0 saturated carbocycles. The molecule has 4 rings (SSSR count). The summed E-state index contributed by atoms with van der Waals surface area (Å²) in [6.07, 6.45) is 4.89. The number of nitrogens with one attached hydrogen (secondary N) is 1. The first-order valence-corrected chi connectivity index (χ1v) is 9.11. The Bertz CT molecular complexity index is 1200. The number of carbonyl (C=O) groups is 1. The van der Waals surface area contributed by atoms with Gasteiger partial charge in [0.05, 0.1) is 18.2 Å². The summed E-state index contributed by atoms with van der Waals surface area (Å²) in [5, 5.41) is 24.2. The molecule has 0 atom stereocenters. The van der Waals surface area contributed by atoms with Crippen LogP contribution in [0.1, 0.15) is 27.2 Å². The molecule has 0 bridgehead atoms. The number of hydrogen-bond donors (Lipinski definition) is 1. The molecule has 1 aromatic carbocycles. The third kappa shape index (κ3) is 4.51. The topological polar surface area (TPSA) is 122 Å². The highest BCUT2D eigenvalue weighted by atomic mass is 16.1. The maximum Gasteiger partial charge on any atom is 0.270 e. The zero-order valence-electron chi connectivity index (χ0n) is 15.8. The van der Waals surface area contributed by atoms with Crippen LogP contribution >= 0.6 is 0 Å². The van der Waals surface area contributed by atoms with Gasteiger partial charge in [0.2, 0.25) is 5.82 Å². The predicted molar refractivity (Wildman–Crippen MR) is 107 cm³/mol. The van der Waals surface area contributed by atoms with Crippen molar-refractivity contribution in [2.75, 3.05) is 0 Å². The molecule has 0 radical (unpaired) electrons. The van der Waals surface area contributed by atoms with Gasteiger partial charge in [0.15, 0.2) is 0 Å². The van der Waals surface area contributed by atoms with E-state index in [0.29, 0.717) is 30.0 Å². The van der Waals surface area contributed by atoms with Gasteiger partial charge >= 0.3 is 0 Å². The Balaban J connectivity index is 1.44. The molecule has 0 aliphatic rings. The Morgan fingerprint density at radius 2 is 1.83 bits per heavy atom. The number of nitriles is 1. The summed E-state index contributed by atoms with van der Waals surface area (Å²) in [5.41, 5.74) is 3.40. The van der Waals surface area contributed by atoms with Gasteiger partial charge in [0.1, 0.15) is 5.69 Å². The molecule has 0 fully saturated rings. The van der Waals surface area contributed by atoms with Gasteiger partial charge in [-0.1, -0.05) is 12.1 Å². The maximum absolute atomic E-state index is 12.4. The monoisotopic (exact) mass is 396 g/mol. The van der Waals surface area contributed by atoms with Crippen LogP contribution in [0.3, 0.4) is 0 Å². The fraction of sp³-hybridized carbons (Fsp3) is 0.0952. The molecule has 1 N–H and O–H groups in total. The smallest absolute Gasteiger partial charge is 0.270 e. The molecule has 0 unspecified atom stereocenters. The number of benzene rings is 1. The summed E-state index contributed by atoms with van der Waals surface area (Å²) in [4.78, 5) is 22.0. The van der Waals surface area contributed by atoms with Crippen molar-refractivity contribution in [3.05, 3.63) is 89.5 Å². The predicted octanol–water partition coefficient (Wildman–Crippen LogP) is 1.98. The lowest BCUT2D eigenvalue weighted by atomic mass is 10.1. The van der Waals surface area contributed by atoms with E-state index in [9.17, 15) is 4.79 Å². The molecule has 0 aliphatic carbocycles. The van der Waals surface area contributed by atoms with Crippen molar-refractivity contribution in [1.82, 2.24) is 35.5 Å². The van der Waals surface area contributed by atoms with Gasteiger partial charge in [-0.2, -0.15) is 10.1 Å². The molecule has 30 heavy (non-hydrogen) atoms. The Morgan fingerprint density at radius 3 is 2.60 bits per heavy atom. The number of tetrazole rings is 1.